The summed E-state index contributed by atoms with van der Waals surface area (Å²) >= 11 is 3.74. The Morgan fingerprint density at radius 1 is 1.08 bits per heavy atom. The Bertz CT molecular complexity index is 753. The molecule has 0 saturated heterocycles. The zero-order chi connectivity index (χ0) is 17.7. The molecule has 2 aliphatic carbocycles. The molecule has 1 aromatic carbocycles. The van der Waals surface area contributed by atoms with Gasteiger partial charge >= 0.3 is 0 Å². The second-order valence-electron chi connectivity index (χ2n) is 8.39. The number of fused-ring (bicyclic) bond motifs is 1. The van der Waals surface area contributed by atoms with Crippen LogP contribution in [0.3, 0.4) is 0 Å². The van der Waals surface area contributed by atoms with Gasteiger partial charge in [0.25, 0.3) is 0 Å². The van der Waals surface area contributed by atoms with E-state index in [2.05, 4.69) is 68.8 Å². The second-order valence-corrected chi connectivity index (χ2v) is 9.24. The van der Waals surface area contributed by atoms with Crippen molar-refractivity contribution < 1.29 is 4.79 Å². The summed E-state index contributed by atoms with van der Waals surface area (Å²) in [7, 11) is 0. The van der Waals surface area contributed by atoms with Crippen LogP contribution in [0.2, 0.25) is 0 Å². The Hall–Kier alpha value is -1.15. The summed E-state index contributed by atoms with van der Waals surface area (Å²) < 4.78 is 1.06. The lowest BCUT2D eigenvalue weighted by atomic mass is 9.54. The summed E-state index contributed by atoms with van der Waals surface area (Å²) in [6.07, 6.45) is 9.40. The molecule has 24 heavy (non-hydrogen) atoms. The van der Waals surface area contributed by atoms with Crippen molar-refractivity contribution in [3.8, 4) is 0 Å². The number of aryl methyl sites for hydroxylation is 2. The number of carbonyl (C=O) groups is 1. The van der Waals surface area contributed by atoms with Crippen LogP contribution in [-0.4, -0.2) is 5.78 Å². The van der Waals surface area contributed by atoms with Crippen molar-refractivity contribution in [2.75, 3.05) is 0 Å². The predicted molar refractivity (Wildman–Crippen MR) is 104 cm³/mol. The molecule has 2 atom stereocenters. The summed E-state index contributed by atoms with van der Waals surface area (Å²) in [6.45, 7) is 11.2. The lowest BCUT2D eigenvalue weighted by Gasteiger charge is -2.49. The molecule has 3 rings (SSSR count). The molecule has 0 aliphatic heterocycles. The van der Waals surface area contributed by atoms with Crippen LogP contribution >= 0.6 is 15.9 Å². The molecule has 2 heteroatoms. The Balaban J connectivity index is 2.22. The smallest absolute Gasteiger partial charge is 0.164 e. The molecule has 128 valence electrons. The monoisotopic (exact) mass is 386 g/mol. The van der Waals surface area contributed by atoms with Crippen molar-refractivity contribution in [2.45, 2.75) is 59.8 Å². The molecule has 1 aromatic rings. The minimum absolute atomic E-state index is 0.115. The fraction of sp³-hybridized carbons (Fsp3) is 0.500. The maximum atomic E-state index is 13.1. The molecule has 0 radical (unpaired) electrons. The highest BCUT2D eigenvalue weighted by Crippen LogP contribution is 2.58. The van der Waals surface area contributed by atoms with Crippen LogP contribution < -0.4 is 0 Å². The largest absolute Gasteiger partial charge is 0.294 e. The highest BCUT2D eigenvalue weighted by molar-refractivity contribution is 9.10. The van der Waals surface area contributed by atoms with Crippen molar-refractivity contribution in [1.29, 1.82) is 0 Å². The number of allylic oxidation sites excluding steroid dienone is 4. The molecule has 1 fully saturated rings. The third-order valence-corrected chi connectivity index (χ3v) is 6.90. The van der Waals surface area contributed by atoms with Gasteiger partial charge in [0, 0.05) is 9.89 Å². The van der Waals surface area contributed by atoms with E-state index >= 15 is 0 Å². The van der Waals surface area contributed by atoms with Gasteiger partial charge in [0.05, 0.1) is 5.92 Å². The van der Waals surface area contributed by atoms with Gasteiger partial charge in [0.1, 0.15) is 0 Å². The topological polar surface area (TPSA) is 17.1 Å². The van der Waals surface area contributed by atoms with Crippen LogP contribution in [0.5, 0.6) is 0 Å². The molecule has 2 aliphatic rings. The van der Waals surface area contributed by atoms with Gasteiger partial charge in [-0.25, -0.2) is 0 Å². The van der Waals surface area contributed by atoms with Crippen molar-refractivity contribution in [3.63, 3.8) is 0 Å². The molecule has 0 amide bonds. The maximum absolute atomic E-state index is 13.1. The van der Waals surface area contributed by atoms with Gasteiger partial charge in [-0.15, -0.1) is 0 Å². The molecule has 0 N–H and O–H groups in total. The molecule has 0 bridgehead atoms. The van der Waals surface area contributed by atoms with E-state index in [0.717, 1.165) is 16.5 Å². The number of hydrogen-bond acceptors (Lipinski definition) is 1. The summed E-state index contributed by atoms with van der Waals surface area (Å²) in [5.41, 5.74) is 5.10. The van der Waals surface area contributed by atoms with Gasteiger partial charge in [-0.3, -0.25) is 4.79 Å². The van der Waals surface area contributed by atoms with E-state index in [0.29, 0.717) is 0 Å². The van der Waals surface area contributed by atoms with E-state index < -0.39 is 0 Å². The number of halogens is 1. The summed E-state index contributed by atoms with van der Waals surface area (Å²) in [4.78, 5) is 13.1. The molecule has 0 unspecified atom stereocenters. The second kappa shape index (κ2) is 5.98. The zero-order valence-corrected chi connectivity index (χ0v) is 17.0. The van der Waals surface area contributed by atoms with E-state index in [-0.39, 0.29) is 22.5 Å². The van der Waals surface area contributed by atoms with E-state index in [1.165, 1.54) is 29.5 Å². The average molecular weight is 387 g/mol. The van der Waals surface area contributed by atoms with Crippen molar-refractivity contribution in [2.24, 2.45) is 10.8 Å². The lowest BCUT2D eigenvalue weighted by Crippen LogP contribution is -2.40. The van der Waals surface area contributed by atoms with Crippen LogP contribution in [0.25, 0.3) is 0 Å². The van der Waals surface area contributed by atoms with Gasteiger partial charge in [0.2, 0.25) is 0 Å². The van der Waals surface area contributed by atoms with Crippen LogP contribution in [0.1, 0.15) is 62.6 Å². The molecule has 0 heterocycles. The van der Waals surface area contributed by atoms with E-state index in [1.54, 1.807) is 6.08 Å². The standard InChI is InChI=1S/C22H27BrO/c1-14-12-16(17(23)13-15(14)2)20-18(24)8-6-9-19-21(3,4)10-7-11-22(19,20)5/h6,8-9,12-13,20H,7,10-11H2,1-5H3/t20-,22+/m1/s1. The molecule has 1 saturated carbocycles. The normalized spacial score (nSPS) is 29.0. The SMILES string of the molecule is Cc1cc(Br)c([C@@H]2C(=O)C=CC=C3C(C)(C)CCC[C@@]32C)cc1C. The van der Waals surface area contributed by atoms with Gasteiger partial charge < -0.3 is 0 Å². The van der Waals surface area contributed by atoms with Gasteiger partial charge in [-0.2, -0.15) is 0 Å². The molecular weight excluding hydrogens is 360 g/mol. The van der Waals surface area contributed by atoms with Crippen molar-refractivity contribution >= 4 is 21.7 Å². The molecule has 0 aromatic heterocycles. The Labute approximate surface area is 154 Å². The summed E-state index contributed by atoms with van der Waals surface area (Å²) in [5, 5.41) is 0. The van der Waals surface area contributed by atoms with E-state index in [9.17, 15) is 4.79 Å². The molecular formula is C22H27BrO. The van der Waals surface area contributed by atoms with Gasteiger partial charge in [0.15, 0.2) is 5.78 Å². The lowest BCUT2D eigenvalue weighted by molar-refractivity contribution is -0.118. The number of rotatable bonds is 1. The van der Waals surface area contributed by atoms with Crippen molar-refractivity contribution in [1.82, 2.24) is 0 Å². The summed E-state index contributed by atoms with van der Waals surface area (Å²) in [6, 6.07) is 4.37. The number of ketones is 1. The third kappa shape index (κ3) is 2.73. The molecule has 0 spiro atoms. The average Bonchev–Trinajstić information content (AvgIpc) is 2.60. The fourth-order valence-corrected chi connectivity index (χ4v) is 5.51. The third-order valence-electron chi connectivity index (χ3n) is 6.21. The highest BCUT2D eigenvalue weighted by atomic mass is 79.9. The minimum Gasteiger partial charge on any atom is -0.294 e. The maximum Gasteiger partial charge on any atom is 0.164 e. The highest BCUT2D eigenvalue weighted by Gasteiger charge is 2.49. The van der Waals surface area contributed by atoms with Gasteiger partial charge in [-0.05, 0) is 60.9 Å². The zero-order valence-electron chi connectivity index (χ0n) is 15.4. The van der Waals surface area contributed by atoms with Crippen LogP contribution in [-0.2, 0) is 4.79 Å². The van der Waals surface area contributed by atoms with Crippen LogP contribution in [0.15, 0.2) is 40.4 Å². The van der Waals surface area contributed by atoms with E-state index in [4.69, 9.17) is 0 Å². The Morgan fingerprint density at radius 2 is 1.75 bits per heavy atom. The Kier molecular flexibility index (Phi) is 4.40. The van der Waals surface area contributed by atoms with Crippen LogP contribution in [0, 0.1) is 24.7 Å². The van der Waals surface area contributed by atoms with E-state index in [1.807, 2.05) is 6.08 Å². The van der Waals surface area contributed by atoms with Gasteiger partial charge in [-0.1, -0.05) is 66.9 Å². The fourth-order valence-electron chi connectivity index (χ4n) is 4.83. The quantitative estimate of drug-likeness (QED) is 0.543. The first-order valence-electron chi connectivity index (χ1n) is 8.86. The molecule has 1 nitrogen and oxygen atoms in total. The number of carbonyl (C=O) groups excluding carboxylic acids is 1. The first kappa shape index (κ1) is 17.7. The number of benzene rings is 1. The summed E-state index contributed by atoms with van der Waals surface area (Å²) in [5.74, 6) is 0.112. The first-order chi connectivity index (χ1) is 11.2. The Morgan fingerprint density at radius 3 is 2.46 bits per heavy atom. The minimum atomic E-state index is -0.119. The van der Waals surface area contributed by atoms with Crippen molar-refractivity contribution in [3.05, 3.63) is 57.1 Å². The number of hydrogen-bond donors (Lipinski definition) is 0. The van der Waals surface area contributed by atoms with Crippen LogP contribution in [0.4, 0.5) is 0 Å². The first-order valence-corrected chi connectivity index (χ1v) is 9.66. The predicted octanol–water partition coefficient (Wildman–Crippen LogP) is 6.43.